The van der Waals surface area contributed by atoms with E-state index >= 15 is 0 Å². The number of fused-ring (bicyclic) bond motifs is 1. The van der Waals surface area contributed by atoms with E-state index in [0.29, 0.717) is 16.2 Å². The van der Waals surface area contributed by atoms with Crippen molar-refractivity contribution in [1.82, 2.24) is 10.4 Å². The Hall–Kier alpha value is -1.70. The fourth-order valence-corrected chi connectivity index (χ4v) is 2.07. The second kappa shape index (κ2) is 3.81. The zero-order valence-electron chi connectivity index (χ0n) is 7.65. The summed E-state index contributed by atoms with van der Waals surface area (Å²) in [5.74, 6) is 9.95. The van der Waals surface area contributed by atoms with Crippen LogP contribution in [0.15, 0.2) is 18.2 Å². The molecule has 0 saturated carbocycles. The molecule has 0 aliphatic carbocycles. The number of hydrogen-bond acceptors (Lipinski definition) is 6. The number of nitrogens with one attached hydrogen (secondary N) is 2. The summed E-state index contributed by atoms with van der Waals surface area (Å²) in [5, 5.41) is 0.558. The van der Waals surface area contributed by atoms with Crippen molar-refractivity contribution in [3.8, 4) is 0 Å². The number of para-hydroxylation sites is 1. The first kappa shape index (κ1) is 9.84. The van der Waals surface area contributed by atoms with E-state index in [1.165, 1.54) is 11.3 Å². The minimum absolute atomic E-state index is 0.366. The zero-order valence-corrected chi connectivity index (χ0v) is 8.47. The first-order valence-corrected chi connectivity index (χ1v) is 4.95. The molecule has 0 radical (unpaired) electrons. The Kier molecular flexibility index (Phi) is 2.50. The van der Waals surface area contributed by atoms with Crippen molar-refractivity contribution in [2.75, 3.05) is 5.43 Å². The number of carbonyl (C=O) groups is 1. The predicted octanol–water partition coefficient (Wildman–Crippen LogP) is 0.185. The van der Waals surface area contributed by atoms with E-state index in [2.05, 4.69) is 15.8 Å². The number of carbonyl (C=O) groups excluding carboxylic acids is 1. The lowest BCUT2D eigenvalue weighted by Gasteiger charge is -1.99. The molecule has 1 heterocycles. The van der Waals surface area contributed by atoms with Crippen molar-refractivity contribution in [3.63, 3.8) is 0 Å². The highest BCUT2D eigenvalue weighted by atomic mass is 32.1. The third kappa shape index (κ3) is 1.63. The quantitative estimate of drug-likeness (QED) is 0.330. The summed E-state index contributed by atoms with van der Waals surface area (Å²) in [6.45, 7) is 0. The van der Waals surface area contributed by atoms with Gasteiger partial charge in [-0.2, -0.15) is 0 Å². The molecule has 15 heavy (non-hydrogen) atoms. The molecule has 6 nitrogen and oxygen atoms in total. The number of anilines is 1. The van der Waals surface area contributed by atoms with Crippen LogP contribution in [-0.4, -0.2) is 10.9 Å². The van der Waals surface area contributed by atoms with Gasteiger partial charge in [-0.25, -0.2) is 16.7 Å². The maximum atomic E-state index is 11.4. The number of nitrogens with zero attached hydrogens (tertiary/aromatic N) is 1. The Morgan fingerprint density at radius 3 is 2.87 bits per heavy atom. The van der Waals surface area contributed by atoms with Gasteiger partial charge in [-0.05, 0) is 12.1 Å². The topological polar surface area (TPSA) is 106 Å². The maximum absolute atomic E-state index is 11.4. The number of hydrogen-bond donors (Lipinski definition) is 4. The Balaban J connectivity index is 2.64. The van der Waals surface area contributed by atoms with Crippen molar-refractivity contribution in [1.29, 1.82) is 0 Å². The van der Waals surface area contributed by atoms with Crippen molar-refractivity contribution >= 4 is 32.6 Å². The van der Waals surface area contributed by atoms with Gasteiger partial charge in [-0.3, -0.25) is 15.6 Å². The number of nitrogens with two attached hydrogens (primary N) is 2. The van der Waals surface area contributed by atoms with Crippen LogP contribution in [-0.2, 0) is 0 Å². The van der Waals surface area contributed by atoms with E-state index in [-0.39, 0.29) is 5.91 Å². The molecule has 1 aromatic carbocycles. The van der Waals surface area contributed by atoms with Crippen LogP contribution in [0.5, 0.6) is 0 Å². The zero-order chi connectivity index (χ0) is 10.8. The number of thiazole rings is 1. The summed E-state index contributed by atoms with van der Waals surface area (Å²) < 4.78 is 0.879. The van der Waals surface area contributed by atoms with Crippen LogP contribution in [0.25, 0.3) is 10.2 Å². The van der Waals surface area contributed by atoms with Crippen molar-refractivity contribution < 1.29 is 4.79 Å². The molecule has 0 saturated heterocycles. The molecule has 0 fully saturated rings. The Morgan fingerprint density at radius 1 is 1.40 bits per heavy atom. The molecular weight excluding hydrogens is 214 g/mol. The highest BCUT2D eigenvalue weighted by Crippen LogP contribution is 2.27. The summed E-state index contributed by atoms with van der Waals surface area (Å²) in [7, 11) is 0. The summed E-state index contributed by atoms with van der Waals surface area (Å²) in [6, 6.07) is 5.29. The van der Waals surface area contributed by atoms with E-state index < -0.39 is 0 Å². The number of rotatable bonds is 2. The van der Waals surface area contributed by atoms with Gasteiger partial charge in [-0.1, -0.05) is 17.4 Å². The smallest absolute Gasteiger partial charge is 0.267 e. The molecule has 2 rings (SSSR count). The average Bonchev–Trinajstić information content (AvgIpc) is 2.70. The van der Waals surface area contributed by atoms with Gasteiger partial charge in [0.15, 0.2) is 5.13 Å². The van der Waals surface area contributed by atoms with Gasteiger partial charge < -0.3 is 0 Å². The Labute approximate surface area is 89.2 Å². The van der Waals surface area contributed by atoms with Gasteiger partial charge in [-0.15, -0.1) is 0 Å². The second-order valence-corrected chi connectivity index (χ2v) is 3.82. The van der Waals surface area contributed by atoms with E-state index in [0.717, 1.165) is 4.70 Å². The van der Waals surface area contributed by atoms with Crippen molar-refractivity contribution in [2.45, 2.75) is 0 Å². The summed E-state index contributed by atoms with van der Waals surface area (Å²) in [6.07, 6.45) is 0. The monoisotopic (exact) mass is 223 g/mol. The third-order valence-corrected chi connectivity index (χ3v) is 2.87. The van der Waals surface area contributed by atoms with Crippen LogP contribution in [0.3, 0.4) is 0 Å². The fraction of sp³-hybridized carbons (Fsp3) is 0. The van der Waals surface area contributed by atoms with Gasteiger partial charge >= 0.3 is 0 Å². The molecule has 78 valence electrons. The number of amides is 1. The van der Waals surface area contributed by atoms with Crippen LogP contribution >= 0.6 is 11.3 Å². The highest BCUT2D eigenvalue weighted by molar-refractivity contribution is 7.22. The first-order chi connectivity index (χ1) is 7.26. The number of aromatic nitrogens is 1. The highest BCUT2D eigenvalue weighted by Gasteiger charge is 2.12. The molecule has 0 bridgehead atoms. The van der Waals surface area contributed by atoms with E-state index in [1.54, 1.807) is 12.1 Å². The van der Waals surface area contributed by atoms with Crippen LogP contribution in [0.1, 0.15) is 10.4 Å². The molecule has 0 spiro atoms. The lowest BCUT2D eigenvalue weighted by molar-refractivity contribution is 0.0955. The molecule has 2 aromatic rings. The van der Waals surface area contributed by atoms with Crippen LogP contribution in [0.2, 0.25) is 0 Å². The predicted molar refractivity (Wildman–Crippen MR) is 59.1 cm³/mol. The molecule has 6 N–H and O–H groups in total. The molecule has 7 heteroatoms. The summed E-state index contributed by atoms with van der Waals surface area (Å²) in [5.41, 5.74) is 5.55. The molecule has 0 atom stereocenters. The molecule has 1 amide bonds. The van der Waals surface area contributed by atoms with Gasteiger partial charge in [0.05, 0.1) is 15.8 Å². The van der Waals surface area contributed by atoms with Gasteiger partial charge in [0.2, 0.25) is 0 Å². The van der Waals surface area contributed by atoms with Crippen molar-refractivity contribution in [3.05, 3.63) is 23.8 Å². The van der Waals surface area contributed by atoms with Gasteiger partial charge in [0.1, 0.15) is 0 Å². The average molecular weight is 223 g/mol. The number of hydrazine groups is 2. The lowest BCUT2D eigenvalue weighted by atomic mass is 10.2. The Bertz CT molecular complexity index is 509. The van der Waals surface area contributed by atoms with Gasteiger partial charge in [0.25, 0.3) is 5.91 Å². The molecule has 1 aromatic heterocycles. The SMILES string of the molecule is NNC(=O)c1cccc2sc(NN)nc12. The van der Waals surface area contributed by atoms with Crippen LogP contribution < -0.4 is 22.5 Å². The summed E-state index contributed by atoms with van der Waals surface area (Å²) in [4.78, 5) is 15.6. The van der Waals surface area contributed by atoms with E-state index in [4.69, 9.17) is 11.7 Å². The summed E-state index contributed by atoms with van der Waals surface area (Å²) >= 11 is 1.37. The normalized spacial score (nSPS) is 10.3. The number of benzene rings is 1. The second-order valence-electron chi connectivity index (χ2n) is 2.79. The lowest BCUT2D eigenvalue weighted by Crippen LogP contribution is -2.30. The standard InChI is InChI=1S/C8H9N5OS/c9-12-7(14)4-2-1-3-5-6(4)11-8(13-10)15-5/h1-3H,9-10H2,(H,11,13)(H,12,14). The van der Waals surface area contributed by atoms with Crippen LogP contribution in [0, 0.1) is 0 Å². The minimum atomic E-state index is -0.366. The fourth-order valence-electron chi connectivity index (χ4n) is 1.27. The number of nitrogen functional groups attached to an aromatic ring is 2. The van der Waals surface area contributed by atoms with E-state index in [1.807, 2.05) is 6.07 Å². The van der Waals surface area contributed by atoms with Crippen molar-refractivity contribution in [2.24, 2.45) is 11.7 Å². The first-order valence-electron chi connectivity index (χ1n) is 4.13. The Morgan fingerprint density at radius 2 is 2.20 bits per heavy atom. The largest absolute Gasteiger partial charge is 0.300 e. The molecule has 0 aliphatic rings. The van der Waals surface area contributed by atoms with Gasteiger partial charge in [0, 0.05) is 0 Å². The van der Waals surface area contributed by atoms with Crippen LogP contribution in [0.4, 0.5) is 5.13 Å². The van der Waals surface area contributed by atoms with E-state index in [9.17, 15) is 4.79 Å². The molecular formula is C8H9N5OS. The maximum Gasteiger partial charge on any atom is 0.267 e. The minimum Gasteiger partial charge on any atom is -0.300 e. The molecule has 0 aliphatic heterocycles. The molecule has 0 unspecified atom stereocenters. The third-order valence-electron chi connectivity index (χ3n) is 1.92.